The molecule has 90 valence electrons. The number of rotatable bonds is 5. The summed E-state index contributed by atoms with van der Waals surface area (Å²) >= 11 is 3.23. The van der Waals surface area contributed by atoms with Crippen LogP contribution in [0.2, 0.25) is 0 Å². The molecule has 1 atom stereocenters. The normalized spacial score (nSPS) is 13.7. The third-order valence-electron chi connectivity index (χ3n) is 1.86. The van der Waals surface area contributed by atoms with Crippen LogP contribution in [0.1, 0.15) is 6.92 Å². The molecule has 4 nitrogen and oxygen atoms in total. The van der Waals surface area contributed by atoms with E-state index in [4.69, 9.17) is 0 Å². The minimum Gasteiger partial charge on any atom is -0.241 e. The molecule has 0 saturated carbocycles. The van der Waals surface area contributed by atoms with Gasteiger partial charge in [0.1, 0.15) is 0 Å². The van der Waals surface area contributed by atoms with Crippen LogP contribution >= 0.6 is 15.9 Å². The lowest BCUT2D eigenvalue weighted by Crippen LogP contribution is -2.30. The second-order valence-corrected chi connectivity index (χ2v) is 5.73. The topological polar surface area (TPSA) is 59.1 Å². The Morgan fingerprint density at radius 3 is 2.88 bits per heavy atom. The van der Waals surface area contributed by atoms with Gasteiger partial charge in [-0.05, 0) is 18.1 Å². The zero-order valence-corrected chi connectivity index (χ0v) is 11.1. The van der Waals surface area contributed by atoms with Gasteiger partial charge < -0.3 is 0 Å². The molecule has 7 heteroatoms. The van der Waals surface area contributed by atoms with E-state index in [1.807, 2.05) is 6.92 Å². The summed E-state index contributed by atoms with van der Waals surface area (Å²) < 4.78 is 38.8. The van der Waals surface area contributed by atoms with Gasteiger partial charge in [-0.15, -0.1) is 0 Å². The van der Waals surface area contributed by atoms with Gasteiger partial charge in [-0.1, -0.05) is 22.9 Å². The van der Waals surface area contributed by atoms with Gasteiger partial charge in [0.2, 0.25) is 5.03 Å². The smallest absolute Gasteiger partial charge is 0.241 e. The first-order valence-corrected chi connectivity index (χ1v) is 7.24. The van der Waals surface area contributed by atoms with Crippen molar-refractivity contribution >= 4 is 26.0 Å². The van der Waals surface area contributed by atoms with Crippen molar-refractivity contribution in [3.63, 3.8) is 0 Å². The van der Waals surface area contributed by atoms with E-state index in [0.717, 1.165) is 6.07 Å². The van der Waals surface area contributed by atoms with Crippen molar-refractivity contribution in [2.75, 3.05) is 11.9 Å². The molecule has 1 N–H and O–H groups in total. The Morgan fingerprint density at radius 1 is 1.62 bits per heavy atom. The third kappa shape index (κ3) is 3.50. The van der Waals surface area contributed by atoms with E-state index in [-0.39, 0.29) is 12.5 Å². The Labute approximate surface area is 102 Å². The Kier molecular flexibility index (Phi) is 4.82. The SMILES string of the molecule is CC(CBr)CNS(=O)(=O)c1ncccc1F. The first-order chi connectivity index (χ1) is 7.47. The number of nitrogens with one attached hydrogen (secondary N) is 1. The Morgan fingerprint density at radius 2 is 2.31 bits per heavy atom. The number of alkyl halides is 1. The van der Waals surface area contributed by atoms with Crippen molar-refractivity contribution in [1.29, 1.82) is 0 Å². The van der Waals surface area contributed by atoms with Crippen LogP contribution in [0.3, 0.4) is 0 Å². The van der Waals surface area contributed by atoms with Gasteiger partial charge in [0.25, 0.3) is 10.0 Å². The van der Waals surface area contributed by atoms with Gasteiger partial charge >= 0.3 is 0 Å². The van der Waals surface area contributed by atoms with E-state index >= 15 is 0 Å². The van der Waals surface area contributed by atoms with Crippen molar-refractivity contribution in [3.8, 4) is 0 Å². The predicted octanol–water partition coefficient (Wildman–Crippen LogP) is 1.53. The summed E-state index contributed by atoms with van der Waals surface area (Å²) in [6, 6.07) is 2.41. The maximum absolute atomic E-state index is 13.2. The minimum atomic E-state index is -3.85. The van der Waals surface area contributed by atoms with Gasteiger partial charge in [-0.3, -0.25) is 0 Å². The van der Waals surface area contributed by atoms with Gasteiger partial charge in [0.15, 0.2) is 5.82 Å². The molecule has 0 bridgehead atoms. The maximum atomic E-state index is 13.2. The lowest BCUT2D eigenvalue weighted by atomic mass is 10.2. The molecule has 1 rings (SSSR count). The summed E-state index contributed by atoms with van der Waals surface area (Å²) in [6.07, 6.45) is 1.24. The molecule has 0 fully saturated rings. The van der Waals surface area contributed by atoms with Crippen molar-refractivity contribution < 1.29 is 12.8 Å². The molecule has 0 aromatic carbocycles. The number of pyridine rings is 1. The lowest BCUT2D eigenvalue weighted by Gasteiger charge is -2.09. The van der Waals surface area contributed by atoms with Crippen LogP contribution in [-0.2, 0) is 10.0 Å². The van der Waals surface area contributed by atoms with Crippen LogP contribution in [0.5, 0.6) is 0 Å². The van der Waals surface area contributed by atoms with E-state index < -0.39 is 20.9 Å². The number of sulfonamides is 1. The van der Waals surface area contributed by atoms with E-state index in [1.165, 1.54) is 12.3 Å². The van der Waals surface area contributed by atoms with Gasteiger partial charge in [-0.25, -0.2) is 22.5 Å². The fourth-order valence-electron chi connectivity index (χ4n) is 0.944. The van der Waals surface area contributed by atoms with Crippen LogP contribution in [0.25, 0.3) is 0 Å². The standard InChI is InChI=1S/C9H12BrFN2O2S/c1-7(5-10)6-13-16(14,15)9-8(11)3-2-4-12-9/h2-4,7,13H,5-6H2,1H3. The summed E-state index contributed by atoms with van der Waals surface area (Å²) in [5.74, 6) is -0.719. The second kappa shape index (κ2) is 5.70. The van der Waals surface area contributed by atoms with E-state index in [1.54, 1.807) is 0 Å². The molecule has 0 aliphatic rings. The molecule has 0 spiro atoms. The first-order valence-electron chi connectivity index (χ1n) is 4.63. The summed E-state index contributed by atoms with van der Waals surface area (Å²) in [4.78, 5) is 3.52. The molecule has 0 aliphatic carbocycles. The van der Waals surface area contributed by atoms with Crippen LogP contribution < -0.4 is 4.72 Å². The third-order valence-corrected chi connectivity index (χ3v) is 4.33. The zero-order chi connectivity index (χ0) is 12.2. The summed E-state index contributed by atoms with van der Waals surface area (Å²) in [7, 11) is -3.85. The molecular formula is C9H12BrFN2O2S. The average molecular weight is 311 g/mol. The molecule has 16 heavy (non-hydrogen) atoms. The second-order valence-electron chi connectivity index (χ2n) is 3.40. The lowest BCUT2D eigenvalue weighted by molar-refractivity contribution is 0.535. The quantitative estimate of drug-likeness (QED) is 0.839. The highest BCUT2D eigenvalue weighted by molar-refractivity contribution is 9.09. The molecule has 1 heterocycles. The molecular weight excluding hydrogens is 299 g/mol. The molecule has 0 saturated heterocycles. The van der Waals surface area contributed by atoms with E-state index in [9.17, 15) is 12.8 Å². The van der Waals surface area contributed by atoms with Gasteiger partial charge in [0, 0.05) is 18.1 Å². The van der Waals surface area contributed by atoms with Crippen molar-refractivity contribution in [1.82, 2.24) is 9.71 Å². The van der Waals surface area contributed by atoms with Crippen LogP contribution in [0, 0.1) is 11.7 Å². The summed E-state index contributed by atoms with van der Waals surface area (Å²) in [6.45, 7) is 2.11. The summed E-state index contributed by atoms with van der Waals surface area (Å²) in [5.41, 5.74) is 0. The highest BCUT2D eigenvalue weighted by atomic mass is 79.9. The molecule has 1 aromatic rings. The highest BCUT2D eigenvalue weighted by Crippen LogP contribution is 2.10. The van der Waals surface area contributed by atoms with Gasteiger partial charge in [-0.2, -0.15) is 0 Å². The first kappa shape index (κ1) is 13.5. The van der Waals surface area contributed by atoms with Crippen molar-refractivity contribution in [2.45, 2.75) is 11.9 Å². The molecule has 1 aromatic heterocycles. The van der Waals surface area contributed by atoms with E-state index in [2.05, 4.69) is 25.6 Å². The molecule has 0 amide bonds. The van der Waals surface area contributed by atoms with Crippen LogP contribution in [-0.4, -0.2) is 25.3 Å². The monoisotopic (exact) mass is 310 g/mol. The Hall–Kier alpha value is -0.530. The Bertz CT molecular complexity index is 453. The summed E-state index contributed by atoms with van der Waals surface area (Å²) in [5, 5.41) is 0.108. The Balaban J connectivity index is 2.83. The number of nitrogens with zero attached hydrogens (tertiary/aromatic N) is 1. The number of aromatic nitrogens is 1. The van der Waals surface area contributed by atoms with Crippen LogP contribution in [0.15, 0.2) is 23.4 Å². The zero-order valence-electron chi connectivity index (χ0n) is 8.65. The largest absolute Gasteiger partial charge is 0.261 e. The van der Waals surface area contributed by atoms with Gasteiger partial charge in [0.05, 0.1) is 0 Å². The van der Waals surface area contributed by atoms with Crippen LogP contribution in [0.4, 0.5) is 4.39 Å². The average Bonchev–Trinajstić information content (AvgIpc) is 2.26. The fraction of sp³-hybridized carbons (Fsp3) is 0.444. The molecule has 0 aliphatic heterocycles. The maximum Gasteiger partial charge on any atom is 0.261 e. The number of hydrogen-bond donors (Lipinski definition) is 1. The minimum absolute atomic E-state index is 0.126. The van der Waals surface area contributed by atoms with E-state index in [0.29, 0.717) is 5.33 Å². The number of hydrogen-bond acceptors (Lipinski definition) is 3. The predicted molar refractivity (Wildman–Crippen MR) is 62.3 cm³/mol. The van der Waals surface area contributed by atoms with Crippen molar-refractivity contribution in [2.24, 2.45) is 5.92 Å². The van der Waals surface area contributed by atoms with Crippen molar-refractivity contribution in [3.05, 3.63) is 24.1 Å². The molecule has 1 unspecified atom stereocenters. The fourth-order valence-corrected chi connectivity index (χ4v) is 2.34. The molecule has 0 radical (unpaired) electrons. The highest BCUT2D eigenvalue weighted by Gasteiger charge is 2.20. The number of halogens is 2.